The quantitative estimate of drug-likeness (QED) is 0.785. The van der Waals surface area contributed by atoms with Gasteiger partial charge in [0.25, 0.3) is 0 Å². The molecule has 0 saturated carbocycles. The third-order valence-corrected chi connectivity index (χ3v) is 3.46. The van der Waals surface area contributed by atoms with E-state index in [1.165, 1.54) is 0 Å². The highest BCUT2D eigenvalue weighted by atomic mass is 16.5. The molecule has 0 aromatic rings. The zero-order chi connectivity index (χ0) is 13.0. The summed E-state index contributed by atoms with van der Waals surface area (Å²) in [7, 11) is 0. The summed E-state index contributed by atoms with van der Waals surface area (Å²) in [4.78, 5) is 24.4. The first-order chi connectivity index (χ1) is 7.97. The molecule has 5 nitrogen and oxygen atoms in total. The van der Waals surface area contributed by atoms with Gasteiger partial charge in [0.05, 0.1) is 12.0 Å². The molecule has 0 aromatic heterocycles. The minimum atomic E-state index is -0.823. The summed E-state index contributed by atoms with van der Waals surface area (Å²) in [5, 5.41) is 8.97. The molecule has 0 aliphatic carbocycles. The number of hydrogen-bond acceptors (Lipinski definition) is 3. The lowest BCUT2D eigenvalue weighted by molar-refractivity contribution is -0.144. The molecule has 3 atom stereocenters. The van der Waals surface area contributed by atoms with Crippen molar-refractivity contribution in [3.63, 3.8) is 0 Å². The van der Waals surface area contributed by atoms with Crippen LogP contribution in [0.5, 0.6) is 0 Å². The van der Waals surface area contributed by atoms with Crippen LogP contribution in [0.1, 0.15) is 33.6 Å². The van der Waals surface area contributed by atoms with Crippen molar-refractivity contribution >= 4 is 11.9 Å². The Morgan fingerprint density at radius 1 is 1.53 bits per heavy atom. The Morgan fingerprint density at radius 3 is 2.65 bits per heavy atom. The van der Waals surface area contributed by atoms with Crippen LogP contribution in [-0.4, -0.2) is 47.2 Å². The van der Waals surface area contributed by atoms with Gasteiger partial charge >= 0.3 is 5.97 Å². The molecule has 0 bridgehead atoms. The van der Waals surface area contributed by atoms with E-state index >= 15 is 0 Å². The number of hydrogen-bond donors (Lipinski definition) is 1. The molecule has 1 aliphatic rings. The fourth-order valence-electron chi connectivity index (χ4n) is 2.04. The summed E-state index contributed by atoms with van der Waals surface area (Å²) >= 11 is 0. The van der Waals surface area contributed by atoms with Gasteiger partial charge in [-0.3, -0.25) is 9.59 Å². The molecule has 1 fully saturated rings. The molecular formula is C12H21NO4. The van der Waals surface area contributed by atoms with Gasteiger partial charge in [0.2, 0.25) is 5.91 Å². The molecule has 98 valence electrons. The van der Waals surface area contributed by atoms with Crippen LogP contribution < -0.4 is 0 Å². The number of rotatable bonds is 5. The summed E-state index contributed by atoms with van der Waals surface area (Å²) in [6, 6.07) is -0.236. The van der Waals surface area contributed by atoms with E-state index < -0.39 is 11.9 Å². The van der Waals surface area contributed by atoms with Crippen molar-refractivity contribution in [2.75, 3.05) is 13.2 Å². The highest BCUT2D eigenvalue weighted by molar-refractivity contribution is 5.80. The van der Waals surface area contributed by atoms with Gasteiger partial charge in [0.15, 0.2) is 0 Å². The van der Waals surface area contributed by atoms with Crippen LogP contribution in [0.15, 0.2) is 0 Å². The van der Waals surface area contributed by atoms with Gasteiger partial charge in [-0.15, -0.1) is 0 Å². The number of carbonyl (C=O) groups excluding carboxylic acids is 1. The molecular weight excluding hydrogens is 222 g/mol. The van der Waals surface area contributed by atoms with Crippen LogP contribution in [0.3, 0.4) is 0 Å². The highest BCUT2D eigenvalue weighted by Gasteiger charge is 2.37. The summed E-state index contributed by atoms with van der Waals surface area (Å²) in [6.07, 6.45) is 1.46. The second kappa shape index (κ2) is 6.00. The van der Waals surface area contributed by atoms with Crippen molar-refractivity contribution in [1.29, 1.82) is 0 Å². The van der Waals surface area contributed by atoms with Gasteiger partial charge in [-0.25, -0.2) is 0 Å². The van der Waals surface area contributed by atoms with Crippen molar-refractivity contribution in [2.24, 2.45) is 5.92 Å². The highest BCUT2D eigenvalue weighted by Crippen LogP contribution is 2.24. The maximum atomic E-state index is 11.9. The van der Waals surface area contributed by atoms with Crippen LogP contribution >= 0.6 is 0 Å². The van der Waals surface area contributed by atoms with Gasteiger partial charge in [-0.05, 0) is 26.7 Å². The van der Waals surface area contributed by atoms with E-state index in [0.717, 1.165) is 6.42 Å². The third-order valence-electron chi connectivity index (χ3n) is 3.46. The maximum Gasteiger partial charge on any atom is 0.308 e. The van der Waals surface area contributed by atoms with Gasteiger partial charge in [-0.2, -0.15) is 0 Å². The zero-order valence-electron chi connectivity index (χ0n) is 10.7. The molecule has 3 unspecified atom stereocenters. The van der Waals surface area contributed by atoms with Gasteiger partial charge in [-0.1, -0.05) is 6.92 Å². The SMILES string of the molecule is CCC(C)OCC(=O)N1CCC(C(=O)O)C1C. The first-order valence-corrected chi connectivity index (χ1v) is 6.11. The van der Waals surface area contributed by atoms with E-state index in [-0.39, 0.29) is 24.7 Å². The van der Waals surface area contributed by atoms with Gasteiger partial charge < -0.3 is 14.7 Å². The number of aliphatic carboxylic acids is 1. The molecule has 0 radical (unpaired) electrons. The van der Waals surface area contributed by atoms with E-state index in [4.69, 9.17) is 9.84 Å². The number of amides is 1. The average Bonchev–Trinajstić information content (AvgIpc) is 2.67. The smallest absolute Gasteiger partial charge is 0.308 e. The number of nitrogens with zero attached hydrogens (tertiary/aromatic N) is 1. The number of carbonyl (C=O) groups is 2. The Kier molecular flexibility index (Phi) is 4.93. The maximum absolute atomic E-state index is 11.9. The largest absolute Gasteiger partial charge is 0.481 e. The monoisotopic (exact) mass is 243 g/mol. The lowest BCUT2D eigenvalue weighted by Crippen LogP contribution is -2.40. The van der Waals surface area contributed by atoms with E-state index in [0.29, 0.717) is 13.0 Å². The first kappa shape index (κ1) is 14.0. The van der Waals surface area contributed by atoms with Crippen LogP contribution in [0, 0.1) is 5.92 Å². The predicted molar refractivity (Wildman–Crippen MR) is 62.6 cm³/mol. The normalized spacial score (nSPS) is 25.9. The minimum absolute atomic E-state index is 0.0473. The summed E-state index contributed by atoms with van der Waals surface area (Å²) in [5.74, 6) is -1.38. The minimum Gasteiger partial charge on any atom is -0.481 e. The fourth-order valence-corrected chi connectivity index (χ4v) is 2.04. The molecule has 1 N–H and O–H groups in total. The molecule has 5 heteroatoms. The zero-order valence-corrected chi connectivity index (χ0v) is 10.7. The number of ether oxygens (including phenoxy) is 1. The summed E-state index contributed by atoms with van der Waals surface area (Å²) in [5.41, 5.74) is 0. The summed E-state index contributed by atoms with van der Waals surface area (Å²) < 4.78 is 5.37. The molecule has 0 spiro atoms. The molecule has 1 aliphatic heterocycles. The van der Waals surface area contributed by atoms with Crippen LogP contribution in [0.2, 0.25) is 0 Å². The van der Waals surface area contributed by atoms with Crippen molar-refractivity contribution in [3.8, 4) is 0 Å². The Balaban J connectivity index is 2.46. The van der Waals surface area contributed by atoms with Crippen molar-refractivity contribution in [1.82, 2.24) is 4.90 Å². The lowest BCUT2D eigenvalue weighted by Gasteiger charge is -2.23. The van der Waals surface area contributed by atoms with Gasteiger partial charge in [0, 0.05) is 12.6 Å². The topological polar surface area (TPSA) is 66.8 Å². The Bertz CT molecular complexity index is 292. The van der Waals surface area contributed by atoms with Crippen molar-refractivity contribution in [3.05, 3.63) is 0 Å². The fraction of sp³-hybridized carbons (Fsp3) is 0.833. The van der Waals surface area contributed by atoms with Crippen LogP contribution in [0.25, 0.3) is 0 Å². The van der Waals surface area contributed by atoms with E-state index in [2.05, 4.69) is 0 Å². The standard InChI is InChI=1S/C12H21NO4/c1-4-8(2)17-7-11(14)13-6-5-10(9(13)3)12(15)16/h8-10H,4-7H2,1-3H3,(H,15,16). The van der Waals surface area contributed by atoms with Crippen LogP contribution in [-0.2, 0) is 14.3 Å². The third kappa shape index (κ3) is 3.43. The number of carboxylic acids is 1. The van der Waals surface area contributed by atoms with E-state index in [9.17, 15) is 9.59 Å². The lowest BCUT2D eigenvalue weighted by atomic mass is 10.0. The molecule has 0 aromatic carbocycles. The van der Waals surface area contributed by atoms with Gasteiger partial charge in [0.1, 0.15) is 6.61 Å². The second-order valence-corrected chi connectivity index (χ2v) is 4.59. The Morgan fingerprint density at radius 2 is 2.18 bits per heavy atom. The molecule has 17 heavy (non-hydrogen) atoms. The Labute approximate surface area is 102 Å². The Hall–Kier alpha value is -1.10. The molecule has 1 saturated heterocycles. The van der Waals surface area contributed by atoms with E-state index in [1.54, 1.807) is 11.8 Å². The number of carboxylic acid groups (broad SMARTS) is 1. The van der Waals surface area contributed by atoms with Crippen molar-refractivity contribution in [2.45, 2.75) is 45.8 Å². The first-order valence-electron chi connectivity index (χ1n) is 6.11. The van der Waals surface area contributed by atoms with Crippen LogP contribution in [0.4, 0.5) is 0 Å². The average molecular weight is 243 g/mol. The van der Waals surface area contributed by atoms with E-state index in [1.807, 2.05) is 13.8 Å². The molecule has 1 amide bonds. The second-order valence-electron chi connectivity index (χ2n) is 4.59. The number of likely N-dealkylation sites (tertiary alicyclic amines) is 1. The molecule has 1 heterocycles. The predicted octanol–water partition coefficient (Wildman–Crippen LogP) is 1.12. The van der Waals surface area contributed by atoms with Crippen molar-refractivity contribution < 1.29 is 19.4 Å². The molecule has 1 rings (SSSR count). The summed E-state index contributed by atoms with van der Waals surface area (Å²) in [6.45, 7) is 6.26.